The Kier molecular flexibility index (Phi) is 20.4. The molecule has 4 nitrogen and oxygen atoms in total. The Morgan fingerprint density at radius 1 is 0.731 bits per heavy atom. The minimum Gasteiger partial charge on any atom is -0.454 e. The zero-order valence-corrected chi connectivity index (χ0v) is 20.7. The third kappa shape index (κ3) is 28.7. The molecule has 1 aromatic rings. The van der Waals surface area contributed by atoms with E-state index < -0.39 is 0 Å². The number of hydrogen-bond acceptors (Lipinski definition) is 3. The molecule has 0 aromatic carbocycles. The molecule has 0 aliphatic heterocycles. The summed E-state index contributed by atoms with van der Waals surface area (Å²) in [7, 11) is 0. The monoisotopic (exact) mass is 406 g/mol. The average molecular weight is 406 g/mol. The van der Waals surface area contributed by atoms with Crippen molar-refractivity contribution < 1.29 is 37.0 Å². The fourth-order valence-electron chi connectivity index (χ4n) is 1.16. The summed E-state index contributed by atoms with van der Waals surface area (Å²) in [5.41, 5.74) is 2.82. The molecule has 5 heteroatoms. The quantitative estimate of drug-likeness (QED) is 0.377. The van der Waals surface area contributed by atoms with Crippen LogP contribution in [0.25, 0.3) is 0 Å². The van der Waals surface area contributed by atoms with E-state index in [1.165, 1.54) is 11.4 Å². The van der Waals surface area contributed by atoms with E-state index in [1.54, 1.807) is 41.5 Å². The third-order valence-electron chi connectivity index (χ3n) is 2.18. The third-order valence-corrected chi connectivity index (χ3v) is 2.18. The fourth-order valence-corrected chi connectivity index (χ4v) is 1.16. The van der Waals surface area contributed by atoms with Gasteiger partial charge in [-0.25, -0.2) is 12.1 Å². The van der Waals surface area contributed by atoms with Crippen LogP contribution in [0.15, 0.2) is 6.07 Å². The molecule has 0 saturated carbocycles. The van der Waals surface area contributed by atoms with Crippen LogP contribution >= 0.6 is 0 Å². The number of rotatable bonds is 0. The van der Waals surface area contributed by atoms with Crippen molar-refractivity contribution in [3.8, 4) is 0 Å². The molecule has 0 aliphatic carbocycles. The van der Waals surface area contributed by atoms with E-state index >= 15 is 0 Å². The molecule has 26 heavy (non-hydrogen) atoms. The van der Waals surface area contributed by atoms with Crippen LogP contribution in [0.3, 0.4) is 0 Å². The van der Waals surface area contributed by atoms with Crippen molar-refractivity contribution in [2.24, 2.45) is 0 Å². The minimum atomic E-state index is -0.167. The summed E-state index contributed by atoms with van der Waals surface area (Å²) in [4.78, 5) is 3.44. The summed E-state index contributed by atoms with van der Waals surface area (Å²) >= 11 is 0. The summed E-state index contributed by atoms with van der Waals surface area (Å²) < 4.78 is 0. The number of aromatic nitrogens is 1. The molecule has 0 atom stereocenters. The second-order valence-corrected chi connectivity index (χ2v) is 8.98. The molecule has 1 aromatic heterocycles. The van der Waals surface area contributed by atoms with Crippen LogP contribution in [-0.2, 0) is 32.5 Å². The van der Waals surface area contributed by atoms with Crippen molar-refractivity contribution in [3.63, 3.8) is 0 Å². The van der Waals surface area contributed by atoms with E-state index in [0.29, 0.717) is 0 Å². The van der Waals surface area contributed by atoms with Crippen molar-refractivity contribution in [2.75, 3.05) is 0 Å². The van der Waals surface area contributed by atoms with Gasteiger partial charge < -0.3 is 20.3 Å². The van der Waals surface area contributed by atoms with Gasteiger partial charge in [0, 0.05) is 40.0 Å². The van der Waals surface area contributed by atoms with Crippen molar-refractivity contribution >= 4 is 0 Å². The molecule has 0 amide bonds. The SMILES string of the molecule is CC(C)(C)c1[c-]cc(C(C)(C)C)[nH]1.CC(C)O.CC(C)O.CC(C)O.[Ti]. The topological polar surface area (TPSA) is 76.5 Å². The van der Waals surface area contributed by atoms with Crippen LogP contribution in [0.1, 0.15) is 94.5 Å². The maximum Gasteiger partial charge on any atom is 0.0483 e. The first-order valence-electron chi connectivity index (χ1n) is 9.07. The normalized spacial score (nSPS) is 10.8. The van der Waals surface area contributed by atoms with Crippen LogP contribution in [0, 0.1) is 6.07 Å². The van der Waals surface area contributed by atoms with Crippen molar-refractivity contribution in [1.29, 1.82) is 0 Å². The van der Waals surface area contributed by atoms with Crippen LogP contribution in [-0.4, -0.2) is 38.6 Å². The Morgan fingerprint density at radius 2 is 1.00 bits per heavy atom. The molecule has 0 aliphatic rings. The largest absolute Gasteiger partial charge is 0.454 e. The van der Waals surface area contributed by atoms with Gasteiger partial charge in [-0.15, -0.1) is 5.69 Å². The first-order valence-corrected chi connectivity index (χ1v) is 9.07. The smallest absolute Gasteiger partial charge is 0.0483 e. The Balaban J connectivity index is -0.000000155. The molecule has 4 N–H and O–H groups in total. The molecule has 0 saturated heterocycles. The summed E-state index contributed by atoms with van der Waals surface area (Å²) in [5, 5.41) is 24.2. The molecule has 0 bridgehead atoms. The first kappa shape index (κ1) is 33.5. The van der Waals surface area contributed by atoms with Gasteiger partial charge in [-0.3, -0.25) is 0 Å². The van der Waals surface area contributed by atoms with Crippen LogP contribution in [0.2, 0.25) is 0 Å². The Labute approximate surface area is 177 Å². The zero-order chi connectivity index (χ0) is 21.0. The van der Waals surface area contributed by atoms with Gasteiger partial charge in [-0.2, -0.15) is 0 Å². The van der Waals surface area contributed by atoms with Crippen LogP contribution in [0.4, 0.5) is 0 Å². The van der Waals surface area contributed by atoms with Gasteiger partial charge >= 0.3 is 0 Å². The number of aliphatic hydroxyl groups excluding tert-OH is 3. The molecule has 0 spiro atoms. The second-order valence-electron chi connectivity index (χ2n) is 8.98. The molecule has 1 heterocycles. The molecule has 0 unspecified atom stereocenters. The molecule has 0 radical (unpaired) electrons. The summed E-state index contributed by atoms with van der Waals surface area (Å²) in [6, 6.07) is 5.37. The van der Waals surface area contributed by atoms with Gasteiger partial charge in [0.15, 0.2) is 0 Å². The standard InChI is InChI=1S/C12H20N.3C3H8O.Ti/c1-11(2,3)9-7-8-10(13-9)12(4,5)6;3*1-3(2)4;/h7,13H,1-6H3;3*3-4H,1-2H3;/q-1;;;;. The van der Waals surface area contributed by atoms with Gasteiger partial charge in [0.2, 0.25) is 0 Å². The van der Waals surface area contributed by atoms with Gasteiger partial charge in [-0.05, 0) is 47.0 Å². The van der Waals surface area contributed by atoms with Gasteiger partial charge in [0.25, 0.3) is 0 Å². The first-order chi connectivity index (χ1) is 10.9. The van der Waals surface area contributed by atoms with E-state index in [4.69, 9.17) is 15.3 Å². The van der Waals surface area contributed by atoms with Gasteiger partial charge in [0.05, 0.1) is 0 Å². The Morgan fingerprint density at radius 3 is 1.12 bits per heavy atom. The van der Waals surface area contributed by atoms with E-state index in [9.17, 15) is 0 Å². The van der Waals surface area contributed by atoms with Crippen LogP contribution in [0.5, 0.6) is 0 Å². The predicted octanol–water partition coefficient (Wildman–Crippen LogP) is 4.57. The summed E-state index contributed by atoms with van der Waals surface area (Å²) in [6.45, 7) is 23.5. The second kappa shape index (κ2) is 15.9. The number of H-pyrrole nitrogens is 1. The molecular weight excluding hydrogens is 362 g/mol. The fraction of sp³-hybridized carbons (Fsp3) is 0.810. The van der Waals surface area contributed by atoms with Gasteiger partial charge in [0.1, 0.15) is 0 Å². The van der Waals surface area contributed by atoms with Crippen molar-refractivity contribution in [2.45, 2.75) is 112 Å². The van der Waals surface area contributed by atoms with Crippen LogP contribution < -0.4 is 0 Å². The maximum absolute atomic E-state index is 8.06. The zero-order valence-electron chi connectivity index (χ0n) is 19.2. The molecule has 1 rings (SSSR count). The van der Waals surface area contributed by atoms with Gasteiger partial charge in [-0.1, -0.05) is 52.7 Å². The molecule has 156 valence electrons. The van der Waals surface area contributed by atoms with Crippen molar-refractivity contribution in [3.05, 3.63) is 23.5 Å². The summed E-state index contributed by atoms with van der Waals surface area (Å²) in [5.74, 6) is 0. The van der Waals surface area contributed by atoms with E-state index in [-0.39, 0.29) is 50.9 Å². The number of hydrogen-bond donors (Lipinski definition) is 4. The Bertz CT molecular complexity index is 363. The predicted molar refractivity (Wildman–Crippen MR) is 109 cm³/mol. The molecular formula is C21H44NO3Ti-. The average Bonchev–Trinajstić information content (AvgIpc) is 2.73. The van der Waals surface area contributed by atoms with E-state index in [0.717, 1.165) is 0 Å². The Hall–Kier alpha value is -0.126. The minimum absolute atomic E-state index is 0. The van der Waals surface area contributed by atoms with Crippen molar-refractivity contribution in [1.82, 2.24) is 4.98 Å². The summed E-state index contributed by atoms with van der Waals surface area (Å²) in [6.07, 6.45) is -0.500. The number of nitrogens with one attached hydrogen (secondary N) is 1. The number of aliphatic hydroxyl groups is 3. The van der Waals surface area contributed by atoms with E-state index in [1.807, 2.05) is 0 Å². The van der Waals surface area contributed by atoms with E-state index in [2.05, 4.69) is 58.7 Å². The molecule has 0 fully saturated rings. The number of aromatic amines is 1. The maximum atomic E-state index is 8.06.